The van der Waals surface area contributed by atoms with Gasteiger partial charge in [0.05, 0.1) is 34.6 Å². The number of halogens is 1. The Morgan fingerprint density at radius 3 is 2.42 bits per heavy atom. The number of nitrogens with zero attached hydrogens (tertiary/aromatic N) is 8. The second kappa shape index (κ2) is 17.3. The fourth-order valence-corrected chi connectivity index (χ4v) is 10.9. The molecule has 4 fully saturated rings. The van der Waals surface area contributed by atoms with E-state index in [0.717, 1.165) is 53.0 Å². The lowest BCUT2D eigenvalue weighted by atomic mass is 9.73. The number of likely N-dealkylation sites (N-methyl/N-ethyl adjacent to an activating group) is 1. The number of fused-ring (bicyclic) bond motifs is 3. The molecule has 10 rings (SSSR count). The third-order valence-corrected chi connectivity index (χ3v) is 14.7. The molecule has 0 aliphatic carbocycles. The van der Waals surface area contributed by atoms with Crippen LogP contribution in [0, 0.1) is 17.7 Å². The Morgan fingerprint density at radius 2 is 1.70 bits per heavy atom. The zero-order valence-corrected chi connectivity index (χ0v) is 37.6. The minimum atomic E-state index is -0.730. The maximum Gasteiger partial charge on any atom is 0.237 e. The fraction of sp³-hybridized carbons (Fsp3) is 0.440. The van der Waals surface area contributed by atoms with Crippen molar-refractivity contribution in [2.45, 2.75) is 82.6 Å². The Labute approximate surface area is 382 Å². The van der Waals surface area contributed by atoms with Gasteiger partial charge in [-0.05, 0) is 99.7 Å². The number of benzene rings is 2. The van der Waals surface area contributed by atoms with E-state index in [9.17, 15) is 28.4 Å². The summed E-state index contributed by atoms with van der Waals surface area (Å²) in [7, 11) is 1.81. The SMILES string of the molecule is CC(C)n1cnc2cc(-c3ccc4c(c3)N(C)C(=O)C43CCN(C(=O)C[C@H]4CCN(C(=O)C5CCN(c6ccc(C7CCC(=O)NC7=O)cn6)CC5)C4)CC3)nc(Nc3ccccc3F)c21. The van der Waals surface area contributed by atoms with E-state index in [2.05, 4.69) is 39.3 Å². The van der Waals surface area contributed by atoms with Crippen LogP contribution in [-0.4, -0.2) is 105 Å². The number of imide groups is 1. The standard InChI is InChI=1S/C50H55FN10O5/c1-30(2)61-29-53-40-26-39(55-46(45(40)61)54-38-7-5-4-6-37(38)51)33-8-11-36-41(25-33)57(3)49(66)50(36)17-22-59(23-18-50)44(63)24-31-14-19-60(28-31)48(65)32-15-20-58(21-16-32)42-12-9-34(27-52-42)35-10-13-43(62)56-47(35)64/h4-9,11-12,25-27,29-32,35H,10,13-24,28H2,1-3H3,(H,54,55)(H,56,62,64)/t31-,35?/m1/s1. The molecule has 1 spiro atoms. The van der Waals surface area contributed by atoms with Crippen LogP contribution in [0.5, 0.6) is 0 Å². The van der Waals surface area contributed by atoms with Gasteiger partial charge in [0.25, 0.3) is 0 Å². The van der Waals surface area contributed by atoms with Gasteiger partial charge >= 0.3 is 0 Å². The number of carbonyl (C=O) groups is 5. The number of carbonyl (C=O) groups excluding carboxylic acids is 5. The maximum absolute atomic E-state index is 14.8. The first kappa shape index (κ1) is 43.2. The molecular weight excluding hydrogens is 840 g/mol. The summed E-state index contributed by atoms with van der Waals surface area (Å²) in [4.78, 5) is 87.6. The molecule has 342 valence electrons. The summed E-state index contributed by atoms with van der Waals surface area (Å²) in [6, 6.07) is 18.4. The zero-order valence-electron chi connectivity index (χ0n) is 37.6. The lowest BCUT2D eigenvalue weighted by Crippen LogP contribution is -2.49. The molecule has 5 amide bonds. The van der Waals surface area contributed by atoms with Crippen molar-refractivity contribution in [1.82, 2.24) is 34.6 Å². The molecule has 16 heteroatoms. The molecule has 0 bridgehead atoms. The van der Waals surface area contributed by atoms with Crippen molar-refractivity contribution in [2.24, 2.45) is 11.8 Å². The van der Waals surface area contributed by atoms with E-state index >= 15 is 0 Å². The molecule has 3 aromatic heterocycles. The molecule has 5 aromatic rings. The monoisotopic (exact) mass is 894 g/mol. The second-order valence-electron chi connectivity index (χ2n) is 19.0. The van der Waals surface area contributed by atoms with Gasteiger partial charge in [-0.1, -0.05) is 30.3 Å². The fourth-order valence-electron chi connectivity index (χ4n) is 10.9. The third kappa shape index (κ3) is 7.83. The quantitative estimate of drug-likeness (QED) is 0.157. The molecule has 15 nitrogen and oxygen atoms in total. The van der Waals surface area contributed by atoms with Gasteiger partial charge in [0, 0.05) is 88.6 Å². The summed E-state index contributed by atoms with van der Waals surface area (Å²) < 4.78 is 16.9. The van der Waals surface area contributed by atoms with Crippen LogP contribution in [0.1, 0.15) is 88.3 Å². The molecule has 5 aliphatic rings. The van der Waals surface area contributed by atoms with Gasteiger partial charge in [-0.25, -0.2) is 19.3 Å². The summed E-state index contributed by atoms with van der Waals surface area (Å²) in [6.45, 7) is 7.70. The third-order valence-electron chi connectivity index (χ3n) is 14.7. The first-order chi connectivity index (χ1) is 31.9. The molecule has 0 radical (unpaired) electrons. The number of nitrogens with one attached hydrogen (secondary N) is 2. The van der Waals surface area contributed by atoms with Crippen molar-refractivity contribution in [3.8, 4) is 11.3 Å². The highest BCUT2D eigenvalue weighted by Crippen LogP contribution is 2.49. The van der Waals surface area contributed by atoms with Crippen LogP contribution in [-0.2, 0) is 29.4 Å². The first-order valence-corrected chi connectivity index (χ1v) is 23.3. The van der Waals surface area contributed by atoms with Crippen LogP contribution in [0.2, 0.25) is 0 Å². The van der Waals surface area contributed by atoms with Crippen LogP contribution in [0.25, 0.3) is 22.3 Å². The number of piperidine rings is 3. The Kier molecular flexibility index (Phi) is 11.3. The highest BCUT2D eigenvalue weighted by atomic mass is 19.1. The topological polar surface area (TPSA) is 166 Å². The van der Waals surface area contributed by atoms with Crippen LogP contribution in [0.3, 0.4) is 0 Å². The van der Waals surface area contributed by atoms with E-state index in [-0.39, 0.29) is 59.1 Å². The van der Waals surface area contributed by atoms with Crippen molar-refractivity contribution in [3.05, 3.63) is 90.1 Å². The predicted octanol–water partition coefficient (Wildman–Crippen LogP) is 6.47. The van der Waals surface area contributed by atoms with Crippen molar-refractivity contribution in [3.63, 3.8) is 0 Å². The molecule has 5 aliphatic heterocycles. The average molecular weight is 895 g/mol. The number of pyridine rings is 2. The molecule has 66 heavy (non-hydrogen) atoms. The second-order valence-corrected chi connectivity index (χ2v) is 19.0. The summed E-state index contributed by atoms with van der Waals surface area (Å²) in [6.07, 6.45) is 7.95. The first-order valence-electron chi connectivity index (χ1n) is 23.3. The Bertz CT molecular complexity index is 2740. The minimum absolute atomic E-state index is 0.0254. The summed E-state index contributed by atoms with van der Waals surface area (Å²) in [5, 5.41) is 5.62. The number of aromatic nitrogens is 4. The van der Waals surface area contributed by atoms with E-state index in [4.69, 9.17) is 4.98 Å². The number of amides is 5. The van der Waals surface area contributed by atoms with E-state index < -0.39 is 5.41 Å². The lowest BCUT2D eigenvalue weighted by Gasteiger charge is -2.38. The maximum atomic E-state index is 14.8. The Balaban J connectivity index is 0.745. The number of hydrogen-bond donors (Lipinski definition) is 2. The molecule has 2 aromatic carbocycles. The number of imidazole rings is 1. The molecule has 2 atom stereocenters. The largest absolute Gasteiger partial charge is 0.357 e. The Hall–Kier alpha value is -6.71. The number of rotatable bonds is 9. The minimum Gasteiger partial charge on any atom is -0.357 e. The van der Waals surface area contributed by atoms with Crippen LogP contribution in [0.4, 0.5) is 27.4 Å². The average Bonchev–Trinajstić information content (AvgIpc) is 4.04. The number of hydrogen-bond acceptors (Lipinski definition) is 10. The van der Waals surface area contributed by atoms with Gasteiger partial charge < -0.3 is 29.5 Å². The molecule has 4 saturated heterocycles. The highest BCUT2D eigenvalue weighted by Gasteiger charge is 2.51. The van der Waals surface area contributed by atoms with Gasteiger partial charge in [-0.15, -0.1) is 0 Å². The van der Waals surface area contributed by atoms with Crippen molar-refractivity contribution in [1.29, 1.82) is 0 Å². The van der Waals surface area contributed by atoms with Crippen molar-refractivity contribution in [2.75, 3.05) is 61.4 Å². The van der Waals surface area contributed by atoms with Gasteiger partial charge in [0.2, 0.25) is 29.5 Å². The van der Waals surface area contributed by atoms with Gasteiger partial charge in [0.15, 0.2) is 5.82 Å². The van der Waals surface area contributed by atoms with E-state index in [1.807, 2.05) is 57.8 Å². The van der Waals surface area contributed by atoms with E-state index in [1.54, 1.807) is 35.6 Å². The Morgan fingerprint density at radius 1 is 0.909 bits per heavy atom. The van der Waals surface area contributed by atoms with E-state index in [0.29, 0.717) is 94.1 Å². The zero-order chi connectivity index (χ0) is 45.9. The van der Waals surface area contributed by atoms with E-state index in [1.165, 1.54) is 6.07 Å². The normalized spacial score (nSPS) is 21.0. The van der Waals surface area contributed by atoms with Crippen LogP contribution < -0.4 is 20.4 Å². The number of likely N-dealkylation sites (tertiary alicyclic amines) is 2. The predicted molar refractivity (Wildman–Crippen MR) is 248 cm³/mol. The van der Waals surface area contributed by atoms with Crippen LogP contribution in [0.15, 0.2) is 73.2 Å². The summed E-state index contributed by atoms with van der Waals surface area (Å²) >= 11 is 0. The van der Waals surface area contributed by atoms with Crippen LogP contribution >= 0.6 is 0 Å². The summed E-state index contributed by atoms with van der Waals surface area (Å²) in [5.74, 6) is 0.297. The van der Waals surface area contributed by atoms with Crippen molar-refractivity contribution < 1.29 is 28.4 Å². The smallest absolute Gasteiger partial charge is 0.237 e. The molecule has 8 heterocycles. The molecule has 1 unspecified atom stereocenters. The van der Waals surface area contributed by atoms with Gasteiger partial charge in [-0.2, -0.15) is 0 Å². The highest BCUT2D eigenvalue weighted by molar-refractivity contribution is 6.08. The van der Waals surface area contributed by atoms with Gasteiger partial charge in [-0.3, -0.25) is 29.3 Å². The molecular formula is C50H55FN10O5. The molecule has 2 N–H and O–H groups in total. The van der Waals surface area contributed by atoms with Crippen molar-refractivity contribution >= 4 is 63.6 Å². The summed E-state index contributed by atoms with van der Waals surface area (Å²) in [5.41, 5.74) is 5.07. The van der Waals surface area contributed by atoms with Gasteiger partial charge in [0.1, 0.15) is 17.2 Å². The number of anilines is 4. The lowest BCUT2D eigenvalue weighted by molar-refractivity contribution is -0.137. The number of para-hydroxylation sites is 1. The molecule has 0 saturated carbocycles.